The van der Waals surface area contributed by atoms with E-state index in [0.717, 1.165) is 17.9 Å². The third-order valence-electron chi connectivity index (χ3n) is 3.15. The lowest BCUT2D eigenvalue weighted by Gasteiger charge is -2.09. The molecule has 0 radical (unpaired) electrons. The number of Topliss-reactive ketones (excluding diaryl/α,β-unsaturated/α-hetero) is 1. The van der Waals surface area contributed by atoms with Crippen LogP contribution in [-0.4, -0.2) is 33.2 Å². The summed E-state index contributed by atoms with van der Waals surface area (Å²) in [5, 5.41) is 4.22. The molecule has 0 aromatic carbocycles. The van der Waals surface area contributed by atoms with E-state index >= 15 is 0 Å². The van der Waals surface area contributed by atoms with Gasteiger partial charge in [0.25, 0.3) is 5.78 Å². The predicted octanol–water partition coefficient (Wildman–Crippen LogP) is 3.90. The molecule has 21 heavy (non-hydrogen) atoms. The summed E-state index contributed by atoms with van der Waals surface area (Å²) in [4.78, 5) is 11.6. The van der Waals surface area contributed by atoms with E-state index in [1.54, 1.807) is 30.3 Å². The van der Waals surface area contributed by atoms with Crippen molar-refractivity contribution in [2.24, 2.45) is 0 Å². The van der Waals surface area contributed by atoms with Gasteiger partial charge in [0, 0.05) is 12.2 Å². The quantitative estimate of drug-likeness (QED) is 0.538. The van der Waals surface area contributed by atoms with Crippen LogP contribution in [0, 0.1) is 0 Å². The van der Waals surface area contributed by atoms with E-state index in [-0.39, 0.29) is 11.3 Å². The van der Waals surface area contributed by atoms with Gasteiger partial charge in [-0.1, -0.05) is 20.8 Å². The van der Waals surface area contributed by atoms with Crippen LogP contribution in [0.3, 0.4) is 0 Å². The second-order valence-electron chi connectivity index (χ2n) is 4.58. The van der Waals surface area contributed by atoms with E-state index in [9.17, 15) is 18.0 Å². The number of rotatable bonds is 8. The number of aryl methyl sites for hydroxylation is 2. The highest BCUT2D eigenvalue weighted by Crippen LogP contribution is 2.27. The topological polar surface area (TPSA) is 34.9 Å². The molecule has 1 heterocycles. The van der Waals surface area contributed by atoms with E-state index in [4.69, 9.17) is 0 Å². The van der Waals surface area contributed by atoms with Crippen molar-refractivity contribution in [3.63, 3.8) is 0 Å². The molecule has 0 aliphatic heterocycles. The van der Waals surface area contributed by atoms with E-state index in [0.29, 0.717) is 25.1 Å². The van der Waals surface area contributed by atoms with Crippen LogP contribution < -0.4 is 0 Å². The lowest BCUT2D eigenvalue weighted by Crippen LogP contribution is -2.25. The van der Waals surface area contributed by atoms with Gasteiger partial charge in [-0.15, -0.1) is 0 Å². The first-order valence-corrected chi connectivity index (χ1v) is 8.29. The van der Waals surface area contributed by atoms with E-state index < -0.39 is 12.0 Å². The number of halogens is 3. The molecule has 0 amide bonds. The molecule has 0 fully saturated rings. The predicted molar refractivity (Wildman–Crippen MR) is 79.0 cm³/mol. The van der Waals surface area contributed by atoms with Crippen molar-refractivity contribution in [3.8, 4) is 0 Å². The van der Waals surface area contributed by atoms with Crippen molar-refractivity contribution in [2.45, 2.75) is 52.8 Å². The minimum Gasteiger partial charge on any atom is -0.284 e. The van der Waals surface area contributed by atoms with Crippen LogP contribution in [0.5, 0.6) is 0 Å². The molecular weight excluding hydrogens is 301 g/mol. The summed E-state index contributed by atoms with van der Waals surface area (Å²) in [5.41, 5.74) is 0.406. The number of hydrogen-bond acceptors (Lipinski definition) is 3. The summed E-state index contributed by atoms with van der Waals surface area (Å²) in [6, 6.07) is 0. The van der Waals surface area contributed by atoms with Gasteiger partial charge in [0.15, 0.2) is 0 Å². The number of aromatic nitrogens is 2. The highest BCUT2D eigenvalue weighted by Gasteiger charge is 2.42. The first-order valence-electron chi connectivity index (χ1n) is 7.14. The highest BCUT2D eigenvalue weighted by atomic mass is 32.2. The Morgan fingerprint density at radius 1 is 1.24 bits per heavy atom. The molecule has 0 saturated carbocycles. The number of alkyl halides is 3. The molecular formula is C14H21F3N2OS. The maximum atomic E-state index is 12.7. The van der Waals surface area contributed by atoms with Gasteiger partial charge in [-0.2, -0.15) is 30.0 Å². The fraction of sp³-hybridized carbons (Fsp3) is 0.714. The monoisotopic (exact) mass is 322 g/mol. The van der Waals surface area contributed by atoms with E-state index in [1.165, 1.54) is 0 Å². The minimum absolute atomic E-state index is 0.240. The summed E-state index contributed by atoms with van der Waals surface area (Å²) >= 11 is 1.78. The van der Waals surface area contributed by atoms with Crippen molar-refractivity contribution in [1.29, 1.82) is 0 Å². The number of nitrogens with zero attached hydrogens (tertiary/aromatic N) is 2. The second-order valence-corrected chi connectivity index (χ2v) is 5.97. The molecule has 0 spiro atoms. The van der Waals surface area contributed by atoms with Gasteiger partial charge in [0.2, 0.25) is 0 Å². The third-order valence-corrected chi connectivity index (χ3v) is 4.13. The summed E-state index contributed by atoms with van der Waals surface area (Å²) in [6.07, 6.45) is -3.33. The Labute approximate surface area is 127 Å². The fourth-order valence-electron chi connectivity index (χ4n) is 2.21. The molecule has 0 bridgehead atoms. The molecule has 1 aromatic heterocycles. The van der Waals surface area contributed by atoms with E-state index in [1.807, 2.05) is 0 Å². The van der Waals surface area contributed by atoms with Gasteiger partial charge in [0.1, 0.15) is 0 Å². The molecule has 1 aromatic rings. The molecule has 0 N–H and O–H groups in total. The van der Waals surface area contributed by atoms with Crippen LogP contribution in [0.25, 0.3) is 0 Å². The SMILES string of the molecule is CCSCCCn1nc(CC)c(C(=O)C(F)(F)F)c1CC. The normalized spacial score (nSPS) is 11.9. The summed E-state index contributed by atoms with van der Waals surface area (Å²) in [7, 11) is 0. The Morgan fingerprint density at radius 3 is 2.38 bits per heavy atom. The zero-order valence-electron chi connectivity index (χ0n) is 12.6. The van der Waals surface area contributed by atoms with Crippen LogP contribution in [-0.2, 0) is 19.4 Å². The van der Waals surface area contributed by atoms with Crippen molar-refractivity contribution in [3.05, 3.63) is 17.0 Å². The molecule has 0 aliphatic carbocycles. The molecule has 0 atom stereocenters. The van der Waals surface area contributed by atoms with Crippen LogP contribution in [0.15, 0.2) is 0 Å². The molecule has 0 saturated heterocycles. The molecule has 3 nitrogen and oxygen atoms in total. The zero-order chi connectivity index (χ0) is 16.0. The highest BCUT2D eigenvalue weighted by molar-refractivity contribution is 7.99. The van der Waals surface area contributed by atoms with Crippen molar-refractivity contribution in [1.82, 2.24) is 9.78 Å². The van der Waals surface area contributed by atoms with Gasteiger partial charge in [-0.3, -0.25) is 9.48 Å². The van der Waals surface area contributed by atoms with E-state index in [2.05, 4.69) is 12.0 Å². The average Bonchev–Trinajstić information content (AvgIpc) is 2.79. The zero-order valence-corrected chi connectivity index (χ0v) is 13.4. The molecule has 0 aliphatic rings. The third kappa shape index (κ3) is 4.49. The molecule has 120 valence electrons. The molecule has 1 rings (SSSR count). The van der Waals surface area contributed by atoms with Crippen molar-refractivity contribution < 1.29 is 18.0 Å². The van der Waals surface area contributed by atoms with Gasteiger partial charge >= 0.3 is 6.18 Å². The number of carbonyl (C=O) groups excluding carboxylic acids is 1. The Balaban J connectivity index is 3.07. The van der Waals surface area contributed by atoms with Crippen LogP contribution in [0.2, 0.25) is 0 Å². The van der Waals surface area contributed by atoms with Gasteiger partial charge in [-0.25, -0.2) is 0 Å². The Morgan fingerprint density at radius 2 is 1.90 bits per heavy atom. The first kappa shape index (κ1) is 18.1. The summed E-state index contributed by atoms with van der Waals surface area (Å²) in [6.45, 7) is 6.08. The van der Waals surface area contributed by atoms with Crippen molar-refractivity contribution in [2.75, 3.05) is 11.5 Å². The maximum absolute atomic E-state index is 12.7. The number of carbonyl (C=O) groups is 1. The van der Waals surface area contributed by atoms with Gasteiger partial charge < -0.3 is 0 Å². The minimum atomic E-state index is -4.85. The first-order chi connectivity index (χ1) is 9.86. The smallest absolute Gasteiger partial charge is 0.284 e. The average molecular weight is 322 g/mol. The number of ketones is 1. The van der Waals surface area contributed by atoms with Crippen LogP contribution >= 0.6 is 11.8 Å². The number of hydrogen-bond donors (Lipinski definition) is 0. The lowest BCUT2D eigenvalue weighted by atomic mass is 10.0. The Bertz CT molecular complexity index is 483. The van der Waals surface area contributed by atoms with Gasteiger partial charge in [-0.05, 0) is 30.8 Å². The largest absolute Gasteiger partial charge is 0.455 e. The molecule has 7 heteroatoms. The van der Waals surface area contributed by atoms with Crippen molar-refractivity contribution >= 4 is 17.5 Å². The summed E-state index contributed by atoms with van der Waals surface area (Å²) < 4.78 is 39.8. The summed E-state index contributed by atoms with van der Waals surface area (Å²) in [5.74, 6) is 0.173. The van der Waals surface area contributed by atoms with Crippen LogP contribution in [0.1, 0.15) is 48.9 Å². The second kappa shape index (κ2) is 7.87. The molecule has 0 unspecified atom stereocenters. The fourth-order valence-corrected chi connectivity index (χ4v) is 2.83. The lowest BCUT2D eigenvalue weighted by molar-refractivity contribution is -0.0886. The Hall–Kier alpha value is -0.980. The maximum Gasteiger partial charge on any atom is 0.455 e. The number of thioether (sulfide) groups is 1. The standard InChI is InChI=1S/C14H21F3N2OS/c1-4-10-12(13(20)14(15,16)17)11(5-2)19(18-10)8-7-9-21-6-3/h4-9H2,1-3H3. The van der Waals surface area contributed by atoms with Gasteiger partial charge in [0.05, 0.1) is 11.3 Å². The van der Waals surface area contributed by atoms with Crippen LogP contribution in [0.4, 0.5) is 13.2 Å². The Kier molecular flexibility index (Phi) is 6.77.